The standard InChI is InChI=1S/C39H25N5/c1-4-14-26(15-5-1)37-40-38(27-16-6-2-7-17-27)42-39(41-37)44-34-23-13-11-21-30(34)32-24-31-29-20-10-12-22-33(29)43(35(31)25-36(32)44)28-18-8-3-9-19-28/h1-25H/i3D,8D,9D,18D,19D. The van der Waals surface area contributed by atoms with Gasteiger partial charge in [-0.15, -0.1) is 0 Å². The summed E-state index contributed by atoms with van der Waals surface area (Å²) in [6.07, 6.45) is 0. The summed E-state index contributed by atoms with van der Waals surface area (Å²) in [5.74, 6) is 1.50. The first-order chi connectivity index (χ1) is 23.9. The first-order valence-electron chi connectivity index (χ1n) is 16.8. The number of hydrogen-bond acceptors (Lipinski definition) is 3. The van der Waals surface area contributed by atoms with Gasteiger partial charge in [-0.3, -0.25) is 4.57 Å². The van der Waals surface area contributed by atoms with Crippen molar-refractivity contribution in [3.05, 3.63) is 152 Å². The zero-order valence-corrected chi connectivity index (χ0v) is 23.3. The number of para-hydroxylation sites is 3. The molecule has 0 unspecified atom stereocenters. The number of aromatic nitrogens is 5. The molecule has 0 aliphatic rings. The normalized spacial score (nSPS) is 13.2. The predicted molar refractivity (Wildman–Crippen MR) is 179 cm³/mol. The molecular weight excluding hydrogens is 538 g/mol. The zero-order chi connectivity index (χ0) is 33.4. The van der Waals surface area contributed by atoms with Crippen LogP contribution < -0.4 is 0 Å². The van der Waals surface area contributed by atoms with Crippen molar-refractivity contribution in [1.29, 1.82) is 0 Å². The van der Waals surface area contributed by atoms with Gasteiger partial charge in [-0.05, 0) is 36.4 Å². The highest BCUT2D eigenvalue weighted by molar-refractivity contribution is 6.19. The third-order valence-electron chi connectivity index (χ3n) is 8.06. The van der Waals surface area contributed by atoms with Crippen molar-refractivity contribution in [3.63, 3.8) is 0 Å². The molecular formula is C39H25N5. The van der Waals surface area contributed by atoms with Gasteiger partial charge in [-0.2, -0.15) is 9.97 Å². The quantitative estimate of drug-likeness (QED) is 0.212. The molecule has 0 spiro atoms. The summed E-state index contributed by atoms with van der Waals surface area (Å²) < 4.78 is 46.6. The maximum Gasteiger partial charge on any atom is 0.238 e. The first-order valence-corrected chi connectivity index (χ1v) is 14.3. The van der Waals surface area contributed by atoms with Crippen LogP contribution in [-0.2, 0) is 0 Å². The van der Waals surface area contributed by atoms with E-state index in [4.69, 9.17) is 21.8 Å². The average Bonchev–Trinajstić information content (AvgIpc) is 3.65. The number of rotatable bonds is 4. The molecule has 3 heterocycles. The van der Waals surface area contributed by atoms with Gasteiger partial charge in [0.1, 0.15) is 0 Å². The lowest BCUT2D eigenvalue weighted by Gasteiger charge is -2.11. The van der Waals surface area contributed by atoms with Gasteiger partial charge in [0.2, 0.25) is 5.95 Å². The van der Waals surface area contributed by atoms with Gasteiger partial charge < -0.3 is 4.57 Å². The second kappa shape index (κ2) is 9.75. The molecule has 0 radical (unpaired) electrons. The van der Waals surface area contributed by atoms with Crippen molar-refractivity contribution < 1.29 is 6.85 Å². The smallest absolute Gasteiger partial charge is 0.238 e. The summed E-state index contributed by atoms with van der Waals surface area (Å²) in [5, 5.41) is 3.77. The molecule has 0 bridgehead atoms. The van der Waals surface area contributed by atoms with E-state index >= 15 is 0 Å². The molecule has 0 N–H and O–H groups in total. The molecule has 0 fully saturated rings. The Hall–Kier alpha value is -6.07. The van der Waals surface area contributed by atoms with Crippen LogP contribution in [0.25, 0.3) is 78.0 Å². The summed E-state index contributed by atoms with van der Waals surface area (Å²) in [6, 6.07) is 37.9. The van der Waals surface area contributed by atoms with Crippen LogP contribution in [-0.4, -0.2) is 24.1 Å². The van der Waals surface area contributed by atoms with Gasteiger partial charge >= 0.3 is 0 Å². The molecule has 5 nitrogen and oxygen atoms in total. The number of benzene rings is 6. The fraction of sp³-hybridized carbons (Fsp3) is 0. The third-order valence-corrected chi connectivity index (χ3v) is 8.06. The van der Waals surface area contributed by atoms with Crippen molar-refractivity contribution in [2.75, 3.05) is 0 Å². The molecule has 44 heavy (non-hydrogen) atoms. The molecule has 0 atom stereocenters. The Kier molecular flexibility index (Phi) is 4.42. The first kappa shape index (κ1) is 19.9. The molecule has 0 aliphatic carbocycles. The van der Waals surface area contributed by atoms with Crippen LogP contribution in [0.15, 0.2) is 152 Å². The van der Waals surface area contributed by atoms with Crippen LogP contribution in [0.5, 0.6) is 0 Å². The highest BCUT2D eigenvalue weighted by atomic mass is 15.2. The Morgan fingerprint density at radius 2 is 0.932 bits per heavy atom. The van der Waals surface area contributed by atoms with Crippen molar-refractivity contribution >= 4 is 43.6 Å². The average molecular weight is 569 g/mol. The topological polar surface area (TPSA) is 48.5 Å². The SMILES string of the molecule is [2H]c1c([2H])c([2H])c(-n2c3ccccc3c3cc4c5ccccc5n(-c5nc(-c6ccccc6)nc(-c6ccccc6)n5)c4cc32)c([2H])c1[2H]. The largest absolute Gasteiger partial charge is 0.309 e. The summed E-state index contributed by atoms with van der Waals surface area (Å²) in [7, 11) is 0. The maximum absolute atomic E-state index is 8.87. The molecule has 6 aromatic carbocycles. The minimum absolute atomic E-state index is 0.0945. The molecule has 5 heteroatoms. The molecule has 206 valence electrons. The Morgan fingerprint density at radius 3 is 1.52 bits per heavy atom. The fourth-order valence-corrected chi connectivity index (χ4v) is 6.14. The Balaban J connectivity index is 1.43. The molecule has 9 aromatic rings. The van der Waals surface area contributed by atoms with E-state index in [-0.39, 0.29) is 29.9 Å². The minimum Gasteiger partial charge on any atom is -0.309 e. The zero-order valence-electron chi connectivity index (χ0n) is 28.3. The van der Waals surface area contributed by atoms with E-state index in [1.807, 2.05) is 114 Å². The van der Waals surface area contributed by atoms with Crippen molar-refractivity contribution in [3.8, 4) is 34.4 Å². The second-order valence-corrected chi connectivity index (χ2v) is 10.6. The third kappa shape index (κ3) is 3.76. The number of fused-ring (bicyclic) bond motifs is 6. The minimum atomic E-state index is -0.430. The van der Waals surface area contributed by atoms with E-state index in [2.05, 4.69) is 12.1 Å². The molecule has 0 amide bonds. The lowest BCUT2D eigenvalue weighted by Crippen LogP contribution is -2.06. The van der Waals surface area contributed by atoms with Gasteiger partial charge in [0.25, 0.3) is 0 Å². The summed E-state index contributed by atoms with van der Waals surface area (Å²) in [6.45, 7) is 0. The molecule has 0 saturated carbocycles. The summed E-state index contributed by atoms with van der Waals surface area (Å²) in [5.41, 5.74) is 4.93. The van der Waals surface area contributed by atoms with Gasteiger partial charge in [-0.25, -0.2) is 4.98 Å². The van der Waals surface area contributed by atoms with Crippen LogP contribution in [0.1, 0.15) is 6.85 Å². The van der Waals surface area contributed by atoms with E-state index < -0.39 is 6.04 Å². The van der Waals surface area contributed by atoms with E-state index in [0.717, 1.165) is 49.2 Å². The maximum atomic E-state index is 8.87. The van der Waals surface area contributed by atoms with Crippen LogP contribution in [0.4, 0.5) is 0 Å². The second-order valence-electron chi connectivity index (χ2n) is 10.6. The molecule has 9 rings (SSSR count). The van der Waals surface area contributed by atoms with Crippen molar-refractivity contribution in [1.82, 2.24) is 24.1 Å². The van der Waals surface area contributed by atoms with E-state index in [1.54, 1.807) is 4.57 Å². The van der Waals surface area contributed by atoms with E-state index in [9.17, 15) is 0 Å². The summed E-state index contributed by atoms with van der Waals surface area (Å²) >= 11 is 0. The molecule has 0 saturated heterocycles. The van der Waals surface area contributed by atoms with E-state index in [0.29, 0.717) is 23.1 Å². The van der Waals surface area contributed by atoms with Crippen molar-refractivity contribution in [2.24, 2.45) is 0 Å². The van der Waals surface area contributed by atoms with Gasteiger partial charge in [0, 0.05) is 38.4 Å². The Morgan fingerprint density at radius 1 is 0.432 bits per heavy atom. The van der Waals surface area contributed by atoms with Crippen LogP contribution in [0, 0.1) is 0 Å². The predicted octanol–water partition coefficient (Wildman–Crippen LogP) is 9.40. The molecule has 0 aliphatic heterocycles. The van der Waals surface area contributed by atoms with Crippen LogP contribution in [0.3, 0.4) is 0 Å². The van der Waals surface area contributed by atoms with Gasteiger partial charge in [0.15, 0.2) is 11.6 Å². The van der Waals surface area contributed by atoms with Gasteiger partial charge in [0.05, 0.1) is 28.9 Å². The molecule has 3 aromatic heterocycles. The number of hydrogen-bond donors (Lipinski definition) is 0. The summed E-state index contributed by atoms with van der Waals surface area (Å²) in [4.78, 5) is 15.0. The monoisotopic (exact) mass is 568 g/mol. The fourth-order valence-electron chi connectivity index (χ4n) is 6.14. The Bertz CT molecular complexity index is 2690. The van der Waals surface area contributed by atoms with Crippen molar-refractivity contribution in [2.45, 2.75) is 0 Å². The van der Waals surface area contributed by atoms with E-state index in [1.165, 1.54) is 0 Å². The lowest BCUT2D eigenvalue weighted by molar-refractivity contribution is 0.953. The highest BCUT2D eigenvalue weighted by Crippen LogP contribution is 2.39. The highest BCUT2D eigenvalue weighted by Gasteiger charge is 2.20. The van der Waals surface area contributed by atoms with Crippen LogP contribution >= 0.6 is 0 Å². The lowest BCUT2D eigenvalue weighted by atomic mass is 10.1. The number of nitrogens with zero attached hydrogens (tertiary/aromatic N) is 5. The van der Waals surface area contributed by atoms with Crippen LogP contribution in [0.2, 0.25) is 0 Å². The van der Waals surface area contributed by atoms with Gasteiger partial charge in [-0.1, -0.05) is 115 Å². The Labute approximate surface area is 260 Å².